The molecule has 0 spiro atoms. The predicted octanol–water partition coefficient (Wildman–Crippen LogP) is -0.0618. The van der Waals surface area contributed by atoms with Crippen LogP contribution in [-0.2, 0) is 17.8 Å². The molecule has 2 aliphatic heterocycles. The van der Waals surface area contributed by atoms with Gasteiger partial charge in [0, 0.05) is 25.2 Å². The molecule has 1 aromatic heterocycles. The number of primary amides is 1. The minimum Gasteiger partial charge on any atom is -0.356 e. The number of carbonyl (C=O) groups excluding carboxylic acids is 2. The number of urea groups is 1. The topological polar surface area (TPSA) is 104 Å². The monoisotopic (exact) mass is 318 g/mol. The van der Waals surface area contributed by atoms with E-state index in [1.165, 1.54) is 12.8 Å². The molecular formula is C15H22N6O2. The Labute approximate surface area is 135 Å². The van der Waals surface area contributed by atoms with Gasteiger partial charge in [0.1, 0.15) is 11.6 Å². The van der Waals surface area contributed by atoms with Gasteiger partial charge < -0.3 is 20.9 Å². The first kappa shape index (κ1) is 15.5. The SMILES string of the molecule is Cc1nc2c(c(N3CCCC3)n1)CCN(C(=O)CNC(N)=O)C2. The molecular weight excluding hydrogens is 296 g/mol. The summed E-state index contributed by atoms with van der Waals surface area (Å²) in [5.74, 6) is 1.62. The molecule has 0 bridgehead atoms. The maximum Gasteiger partial charge on any atom is 0.312 e. The van der Waals surface area contributed by atoms with Crippen LogP contribution in [0.3, 0.4) is 0 Å². The molecule has 0 saturated carbocycles. The minimum absolute atomic E-state index is 0.0757. The van der Waals surface area contributed by atoms with Gasteiger partial charge in [-0.3, -0.25) is 4.79 Å². The number of nitrogens with zero attached hydrogens (tertiary/aromatic N) is 4. The number of aryl methyl sites for hydroxylation is 1. The summed E-state index contributed by atoms with van der Waals surface area (Å²) in [6.07, 6.45) is 3.13. The van der Waals surface area contributed by atoms with Crippen LogP contribution in [0.15, 0.2) is 0 Å². The third-order valence-corrected chi connectivity index (χ3v) is 4.33. The van der Waals surface area contributed by atoms with E-state index in [2.05, 4.69) is 20.2 Å². The Morgan fingerprint density at radius 1 is 1.22 bits per heavy atom. The van der Waals surface area contributed by atoms with E-state index >= 15 is 0 Å². The van der Waals surface area contributed by atoms with Crippen LogP contribution in [0.25, 0.3) is 0 Å². The highest BCUT2D eigenvalue weighted by Gasteiger charge is 2.27. The molecule has 8 heteroatoms. The van der Waals surface area contributed by atoms with Crippen LogP contribution < -0.4 is 16.0 Å². The van der Waals surface area contributed by atoms with Crippen LogP contribution in [-0.4, -0.2) is 53.0 Å². The number of hydrogen-bond acceptors (Lipinski definition) is 5. The molecule has 1 fully saturated rings. The maximum atomic E-state index is 12.1. The van der Waals surface area contributed by atoms with Crippen LogP contribution >= 0.6 is 0 Å². The van der Waals surface area contributed by atoms with Crippen molar-refractivity contribution >= 4 is 17.8 Å². The summed E-state index contributed by atoms with van der Waals surface area (Å²) in [6, 6.07) is -0.690. The van der Waals surface area contributed by atoms with Crippen LogP contribution in [0, 0.1) is 6.92 Å². The molecule has 124 valence electrons. The van der Waals surface area contributed by atoms with Crippen molar-refractivity contribution in [1.29, 1.82) is 0 Å². The zero-order valence-electron chi connectivity index (χ0n) is 13.3. The maximum absolute atomic E-state index is 12.1. The number of nitrogens with one attached hydrogen (secondary N) is 1. The van der Waals surface area contributed by atoms with Crippen molar-refractivity contribution in [2.24, 2.45) is 5.73 Å². The van der Waals surface area contributed by atoms with E-state index in [0.717, 1.165) is 42.4 Å². The summed E-state index contributed by atoms with van der Waals surface area (Å²) < 4.78 is 0. The highest BCUT2D eigenvalue weighted by atomic mass is 16.2. The minimum atomic E-state index is -0.690. The Kier molecular flexibility index (Phi) is 4.31. The van der Waals surface area contributed by atoms with Crippen molar-refractivity contribution in [3.05, 3.63) is 17.1 Å². The number of hydrogen-bond donors (Lipinski definition) is 2. The molecule has 3 amide bonds. The number of rotatable bonds is 3. The van der Waals surface area contributed by atoms with Crippen LogP contribution in [0.2, 0.25) is 0 Å². The zero-order chi connectivity index (χ0) is 16.4. The van der Waals surface area contributed by atoms with Crippen molar-refractivity contribution < 1.29 is 9.59 Å². The van der Waals surface area contributed by atoms with E-state index in [-0.39, 0.29) is 12.5 Å². The molecule has 23 heavy (non-hydrogen) atoms. The summed E-state index contributed by atoms with van der Waals surface area (Å²) in [4.78, 5) is 36.1. The number of fused-ring (bicyclic) bond motifs is 1. The van der Waals surface area contributed by atoms with Gasteiger partial charge in [0.25, 0.3) is 0 Å². The van der Waals surface area contributed by atoms with Gasteiger partial charge in [-0.15, -0.1) is 0 Å². The van der Waals surface area contributed by atoms with E-state index in [1.54, 1.807) is 4.90 Å². The zero-order valence-corrected chi connectivity index (χ0v) is 13.3. The van der Waals surface area contributed by atoms with Crippen molar-refractivity contribution in [1.82, 2.24) is 20.2 Å². The standard InChI is InChI=1S/C15H22N6O2/c1-10-18-12-9-21(13(22)8-17-15(16)23)7-4-11(12)14(19-10)20-5-2-3-6-20/h2-9H2,1H3,(H3,16,17,23). The predicted molar refractivity (Wildman–Crippen MR) is 84.9 cm³/mol. The lowest BCUT2D eigenvalue weighted by molar-refractivity contribution is -0.131. The van der Waals surface area contributed by atoms with E-state index in [1.807, 2.05) is 6.92 Å². The number of anilines is 1. The lowest BCUT2D eigenvalue weighted by Crippen LogP contribution is -2.44. The summed E-state index contributed by atoms with van der Waals surface area (Å²) in [5.41, 5.74) is 7.08. The van der Waals surface area contributed by atoms with E-state index in [9.17, 15) is 9.59 Å². The molecule has 2 aliphatic rings. The molecule has 1 aromatic rings. The molecule has 1 saturated heterocycles. The first-order valence-corrected chi connectivity index (χ1v) is 7.97. The van der Waals surface area contributed by atoms with E-state index in [0.29, 0.717) is 13.1 Å². The van der Waals surface area contributed by atoms with Crippen molar-refractivity contribution in [2.75, 3.05) is 31.1 Å². The first-order chi connectivity index (χ1) is 11.0. The van der Waals surface area contributed by atoms with Gasteiger partial charge >= 0.3 is 6.03 Å². The Bertz CT molecular complexity index is 627. The summed E-state index contributed by atoms with van der Waals surface area (Å²) >= 11 is 0. The Morgan fingerprint density at radius 2 is 1.96 bits per heavy atom. The number of aromatic nitrogens is 2. The summed E-state index contributed by atoms with van der Waals surface area (Å²) in [7, 11) is 0. The van der Waals surface area contributed by atoms with Crippen LogP contribution in [0.4, 0.5) is 10.6 Å². The first-order valence-electron chi connectivity index (χ1n) is 7.97. The second kappa shape index (κ2) is 6.39. The molecule has 3 heterocycles. The average molecular weight is 318 g/mol. The molecule has 0 radical (unpaired) electrons. The molecule has 0 atom stereocenters. The number of carbonyl (C=O) groups is 2. The third kappa shape index (κ3) is 3.35. The highest BCUT2D eigenvalue weighted by Crippen LogP contribution is 2.28. The van der Waals surface area contributed by atoms with Crippen molar-refractivity contribution in [3.63, 3.8) is 0 Å². The van der Waals surface area contributed by atoms with Gasteiger partial charge in [0.15, 0.2) is 0 Å². The molecule has 0 aliphatic carbocycles. The summed E-state index contributed by atoms with van der Waals surface area (Å²) in [5, 5.41) is 2.34. The largest absolute Gasteiger partial charge is 0.356 e. The molecule has 3 rings (SSSR count). The highest BCUT2D eigenvalue weighted by molar-refractivity contribution is 5.83. The third-order valence-electron chi connectivity index (χ3n) is 4.33. The lowest BCUT2D eigenvalue weighted by Gasteiger charge is -2.31. The smallest absolute Gasteiger partial charge is 0.312 e. The van der Waals surface area contributed by atoms with Gasteiger partial charge in [-0.2, -0.15) is 0 Å². The van der Waals surface area contributed by atoms with Gasteiger partial charge in [0.05, 0.1) is 18.8 Å². The fourth-order valence-corrected chi connectivity index (χ4v) is 3.21. The lowest BCUT2D eigenvalue weighted by atomic mass is 10.0. The number of amides is 3. The fourth-order valence-electron chi connectivity index (χ4n) is 3.21. The van der Waals surface area contributed by atoms with E-state index < -0.39 is 6.03 Å². The molecule has 8 nitrogen and oxygen atoms in total. The Balaban J connectivity index is 1.78. The Hall–Kier alpha value is -2.38. The molecule has 3 N–H and O–H groups in total. The second-order valence-corrected chi connectivity index (χ2v) is 6.00. The fraction of sp³-hybridized carbons (Fsp3) is 0.600. The normalized spacial score (nSPS) is 17.1. The van der Waals surface area contributed by atoms with Crippen molar-refractivity contribution in [3.8, 4) is 0 Å². The number of nitrogens with two attached hydrogens (primary N) is 1. The second-order valence-electron chi connectivity index (χ2n) is 6.00. The van der Waals surface area contributed by atoms with Crippen molar-refractivity contribution in [2.45, 2.75) is 32.7 Å². The van der Waals surface area contributed by atoms with Gasteiger partial charge in [-0.05, 0) is 26.2 Å². The van der Waals surface area contributed by atoms with Crippen LogP contribution in [0.5, 0.6) is 0 Å². The summed E-state index contributed by atoms with van der Waals surface area (Å²) in [6.45, 7) is 4.95. The Morgan fingerprint density at radius 3 is 2.65 bits per heavy atom. The quantitative estimate of drug-likeness (QED) is 0.812. The van der Waals surface area contributed by atoms with Gasteiger partial charge in [-0.1, -0.05) is 0 Å². The van der Waals surface area contributed by atoms with Gasteiger partial charge in [0.2, 0.25) is 5.91 Å². The van der Waals surface area contributed by atoms with Crippen LogP contribution in [0.1, 0.15) is 29.9 Å². The van der Waals surface area contributed by atoms with E-state index in [4.69, 9.17) is 5.73 Å². The van der Waals surface area contributed by atoms with Gasteiger partial charge in [-0.25, -0.2) is 14.8 Å². The molecule has 0 aromatic carbocycles. The average Bonchev–Trinajstić information content (AvgIpc) is 3.05. The molecule has 0 unspecified atom stereocenters.